The first kappa shape index (κ1) is 18.8. The predicted octanol–water partition coefficient (Wildman–Crippen LogP) is 3.26. The molecule has 0 aliphatic heterocycles. The molecule has 3 aromatic carbocycles. The number of ether oxygens (including phenoxy) is 1. The number of nitro groups is 1. The maximum atomic E-state index is 13.7. The molecule has 0 saturated heterocycles. The Kier molecular flexibility index (Phi) is 5.16. The van der Waals surface area contributed by atoms with Gasteiger partial charge in [-0.25, -0.2) is 9.18 Å². The number of fused-ring (bicyclic) bond motifs is 1. The molecule has 9 heteroatoms. The monoisotopic (exact) mass is 383 g/mol. The number of nitrogens with two attached hydrogens (primary N) is 1. The van der Waals surface area contributed by atoms with Gasteiger partial charge in [0.15, 0.2) is 6.61 Å². The number of amides is 1. The van der Waals surface area contributed by atoms with E-state index in [0.29, 0.717) is 0 Å². The number of non-ortho nitro benzene ring substituents is 1. The summed E-state index contributed by atoms with van der Waals surface area (Å²) in [6.07, 6.45) is 0. The van der Waals surface area contributed by atoms with Crippen LogP contribution in [0.25, 0.3) is 10.8 Å². The zero-order chi connectivity index (χ0) is 20.3. The Balaban J connectivity index is 1.68. The number of hydrogen-bond donors (Lipinski definition) is 2. The van der Waals surface area contributed by atoms with Crippen molar-refractivity contribution < 1.29 is 23.6 Å². The minimum Gasteiger partial charge on any atom is -0.452 e. The molecule has 0 aliphatic rings. The van der Waals surface area contributed by atoms with Gasteiger partial charge >= 0.3 is 5.97 Å². The summed E-state index contributed by atoms with van der Waals surface area (Å²) in [7, 11) is 0. The highest BCUT2D eigenvalue weighted by molar-refractivity contribution is 6.02. The fourth-order valence-electron chi connectivity index (χ4n) is 2.55. The molecule has 3 N–H and O–H groups in total. The molecule has 0 heterocycles. The van der Waals surface area contributed by atoms with Crippen molar-refractivity contribution in [2.75, 3.05) is 17.7 Å². The van der Waals surface area contributed by atoms with Gasteiger partial charge in [0.2, 0.25) is 0 Å². The van der Waals surface area contributed by atoms with E-state index in [1.54, 1.807) is 24.3 Å². The van der Waals surface area contributed by atoms with Gasteiger partial charge in [0.1, 0.15) is 5.82 Å². The minimum absolute atomic E-state index is 0.0908. The van der Waals surface area contributed by atoms with Crippen molar-refractivity contribution >= 4 is 39.7 Å². The summed E-state index contributed by atoms with van der Waals surface area (Å²) < 4.78 is 18.6. The molecule has 0 radical (unpaired) electrons. The maximum absolute atomic E-state index is 13.7. The van der Waals surface area contributed by atoms with Crippen molar-refractivity contribution in [3.05, 3.63) is 76.1 Å². The summed E-state index contributed by atoms with van der Waals surface area (Å²) in [5.74, 6) is -2.53. The normalized spacial score (nSPS) is 10.5. The first-order chi connectivity index (χ1) is 13.3. The second-order valence-corrected chi connectivity index (χ2v) is 5.83. The van der Waals surface area contributed by atoms with Crippen molar-refractivity contribution in [1.82, 2.24) is 0 Å². The zero-order valence-electron chi connectivity index (χ0n) is 14.3. The van der Waals surface area contributed by atoms with Crippen LogP contribution >= 0.6 is 0 Å². The van der Waals surface area contributed by atoms with Gasteiger partial charge in [-0.05, 0) is 29.0 Å². The van der Waals surface area contributed by atoms with Crippen LogP contribution in [-0.4, -0.2) is 23.4 Å². The van der Waals surface area contributed by atoms with E-state index in [1.807, 2.05) is 12.1 Å². The zero-order valence-corrected chi connectivity index (χ0v) is 14.3. The third kappa shape index (κ3) is 4.04. The molecule has 3 rings (SSSR count). The van der Waals surface area contributed by atoms with Crippen molar-refractivity contribution in [2.24, 2.45) is 0 Å². The summed E-state index contributed by atoms with van der Waals surface area (Å²) in [5.41, 5.74) is 5.37. The van der Waals surface area contributed by atoms with Gasteiger partial charge in [-0.1, -0.05) is 24.3 Å². The van der Waals surface area contributed by atoms with Crippen molar-refractivity contribution in [3.63, 3.8) is 0 Å². The van der Waals surface area contributed by atoms with Crippen LogP contribution in [0, 0.1) is 15.9 Å². The Labute approximate surface area is 157 Å². The molecule has 0 fully saturated rings. The van der Waals surface area contributed by atoms with Gasteiger partial charge < -0.3 is 15.8 Å². The number of nitrogens with zero attached hydrogens (tertiary/aromatic N) is 1. The fraction of sp³-hybridized carbons (Fsp3) is 0.0526. The Bertz CT molecular complexity index is 1100. The lowest BCUT2D eigenvalue weighted by atomic mass is 10.1. The quantitative estimate of drug-likeness (QED) is 0.302. The molecule has 0 bridgehead atoms. The average Bonchev–Trinajstić information content (AvgIpc) is 2.67. The van der Waals surface area contributed by atoms with Crippen molar-refractivity contribution in [1.29, 1.82) is 0 Å². The molecule has 28 heavy (non-hydrogen) atoms. The van der Waals surface area contributed by atoms with Gasteiger partial charge in [0.25, 0.3) is 11.6 Å². The highest BCUT2D eigenvalue weighted by Crippen LogP contribution is 2.23. The highest BCUT2D eigenvalue weighted by Gasteiger charge is 2.17. The molecule has 0 spiro atoms. The van der Waals surface area contributed by atoms with Gasteiger partial charge in [0.05, 0.1) is 16.2 Å². The largest absolute Gasteiger partial charge is 0.452 e. The first-order valence-electron chi connectivity index (χ1n) is 8.04. The molecule has 0 saturated carbocycles. The molecule has 3 aromatic rings. The predicted molar refractivity (Wildman–Crippen MR) is 100 cm³/mol. The lowest BCUT2D eigenvalue weighted by Gasteiger charge is -2.09. The third-order valence-corrected chi connectivity index (χ3v) is 3.91. The highest BCUT2D eigenvalue weighted by atomic mass is 19.1. The van der Waals surface area contributed by atoms with Crippen LogP contribution in [0.4, 0.5) is 21.5 Å². The van der Waals surface area contributed by atoms with Crippen LogP contribution in [0.2, 0.25) is 0 Å². The molecule has 0 aliphatic carbocycles. The first-order valence-corrected chi connectivity index (χ1v) is 8.04. The van der Waals surface area contributed by atoms with Crippen molar-refractivity contribution in [3.8, 4) is 0 Å². The van der Waals surface area contributed by atoms with Crippen LogP contribution < -0.4 is 11.1 Å². The number of nitro benzene ring substituents is 1. The van der Waals surface area contributed by atoms with Gasteiger partial charge in [-0.15, -0.1) is 0 Å². The molecule has 0 aromatic heterocycles. The van der Waals surface area contributed by atoms with Crippen molar-refractivity contribution in [2.45, 2.75) is 0 Å². The standard InChI is InChI=1S/C19H14FN3O5/c20-15-6-5-13(23(26)27)9-17(15)22-18(24)10-28-19(25)14-7-11-3-1-2-4-12(11)8-16(14)21/h1-9H,10,21H2,(H,22,24). The lowest BCUT2D eigenvalue weighted by molar-refractivity contribution is -0.384. The summed E-state index contributed by atoms with van der Waals surface area (Å²) >= 11 is 0. The summed E-state index contributed by atoms with van der Waals surface area (Å²) in [5, 5.41) is 14.5. The number of nitrogen functional groups attached to an aromatic ring is 1. The van der Waals surface area contributed by atoms with Crippen LogP contribution in [0.5, 0.6) is 0 Å². The topological polar surface area (TPSA) is 125 Å². The SMILES string of the molecule is Nc1cc2ccccc2cc1C(=O)OCC(=O)Nc1cc([N+](=O)[O-])ccc1F. The Morgan fingerprint density at radius 2 is 1.79 bits per heavy atom. The van der Waals surface area contributed by atoms with E-state index in [9.17, 15) is 24.1 Å². The van der Waals surface area contributed by atoms with E-state index >= 15 is 0 Å². The van der Waals surface area contributed by atoms with E-state index in [-0.39, 0.29) is 16.9 Å². The Morgan fingerprint density at radius 1 is 1.11 bits per heavy atom. The Hall–Kier alpha value is -4.01. The van der Waals surface area contributed by atoms with Crippen LogP contribution in [-0.2, 0) is 9.53 Å². The van der Waals surface area contributed by atoms with E-state index < -0.39 is 34.9 Å². The molecule has 1 amide bonds. The number of benzene rings is 3. The molecule has 0 unspecified atom stereocenters. The molecule has 0 atom stereocenters. The number of esters is 1. The molecule has 8 nitrogen and oxygen atoms in total. The van der Waals surface area contributed by atoms with Crippen LogP contribution in [0.1, 0.15) is 10.4 Å². The summed E-state index contributed by atoms with van der Waals surface area (Å²) in [6.45, 7) is -0.715. The number of carbonyl (C=O) groups excluding carboxylic acids is 2. The number of carbonyl (C=O) groups is 2. The van der Waals surface area contributed by atoms with Gasteiger partial charge in [-0.2, -0.15) is 0 Å². The van der Waals surface area contributed by atoms with Gasteiger partial charge in [0, 0.05) is 17.8 Å². The van der Waals surface area contributed by atoms with Crippen LogP contribution in [0.3, 0.4) is 0 Å². The Morgan fingerprint density at radius 3 is 2.46 bits per heavy atom. The minimum atomic E-state index is -0.857. The van der Waals surface area contributed by atoms with E-state index in [4.69, 9.17) is 10.5 Å². The van der Waals surface area contributed by atoms with Crippen LogP contribution in [0.15, 0.2) is 54.6 Å². The fourth-order valence-corrected chi connectivity index (χ4v) is 2.55. The van der Waals surface area contributed by atoms with Gasteiger partial charge in [-0.3, -0.25) is 14.9 Å². The molecular formula is C19H14FN3O5. The second-order valence-electron chi connectivity index (χ2n) is 5.83. The maximum Gasteiger partial charge on any atom is 0.340 e. The smallest absolute Gasteiger partial charge is 0.340 e. The summed E-state index contributed by atoms with van der Waals surface area (Å²) in [6, 6.07) is 13.1. The number of halogens is 1. The number of rotatable bonds is 5. The molecular weight excluding hydrogens is 369 g/mol. The second kappa shape index (κ2) is 7.70. The van der Waals surface area contributed by atoms with E-state index in [0.717, 1.165) is 29.0 Å². The van der Waals surface area contributed by atoms with E-state index in [1.165, 1.54) is 0 Å². The number of nitrogens with one attached hydrogen (secondary N) is 1. The summed E-state index contributed by atoms with van der Waals surface area (Å²) in [4.78, 5) is 34.2. The molecule has 142 valence electrons. The average molecular weight is 383 g/mol. The number of anilines is 2. The van der Waals surface area contributed by atoms with E-state index in [2.05, 4.69) is 5.32 Å². The number of hydrogen-bond acceptors (Lipinski definition) is 6. The lowest BCUT2D eigenvalue weighted by Crippen LogP contribution is -2.22. The third-order valence-electron chi connectivity index (χ3n) is 3.91.